The van der Waals surface area contributed by atoms with Gasteiger partial charge in [-0.3, -0.25) is 29.8 Å². The number of benzene rings is 4. The quantitative estimate of drug-likeness (QED) is 0.0616. The van der Waals surface area contributed by atoms with Crippen LogP contribution in [0.25, 0.3) is 0 Å². The summed E-state index contributed by atoms with van der Waals surface area (Å²) in [4.78, 5) is 52.7. The van der Waals surface area contributed by atoms with E-state index in [-0.39, 0.29) is 67.0 Å². The van der Waals surface area contributed by atoms with E-state index >= 15 is 0 Å². The van der Waals surface area contributed by atoms with Crippen LogP contribution in [0.15, 0.2) is 109 Å². The van der Waals surface area contributed by atoms with Crippen LogP contribution >= 0.6 is 0 Å². The lowest BCUT2D eigenvalue weighted by Crippen LogP contribution is -3.00. The topological polar surface area (TPSA) is 127 Å². The highest BCUT2D eigenvalue weighted by atomic mass is 79.9. The molecule has 0 aromatic heterocycles. The maximum atomic E-state index is 13.2. The Labute approximate surface area is 375 Å². The van der Waals surface area contributed by atoms with Gasteiger partial charge in [0.05, 0.1) is 75.3 Å². The first-order valence-electron chi connectivity index (χ1n) is 21.0. The number of hydrogen-bond acceptors (Lipinski definition) is 6. The molecule has 2 amide bonds. The summed E-state index contributed by atoms with van der Waals surface area (Å²) in [6.07, 6.45) is 9.07. The average molecular weight is 951 g/mol. The zero-order valence-corrected chi connectivity index (χ0v) is 37.6. The molecule has 0 unspecified atom stereocenters. The van der Waals surface area contributed by atoms with E-state index in [4.69, 9.17) is 0 Å². The molecule has 4 aromatic carbocycles. The molecule has 322 valence electrons. The lowest BCUT2D eigenvalue weighted by atomic mass is 10.0. The van der Waals surface area contributed by atoms with Gasteiger partial charge in [0.25, 0.3) is 23.2 Å². The van der Waals surface area contributed by atoms with Crippen molar-refractivity contribution < 1.29 is 62.4 Å². The van der Waals surface area contributed by atoms with Crippen LogP contribution in [-0.2, 0) is 13.1 Å². The minimum atomic E-state index is -0.332. The molecule has 2 heterocycles. The van der Waals surface area contributed by atoms with Crippen LogP contribution in [0.3, 0.4) is 0 Å². The Bertz CT molecular complexity index is 1850. The van der Waals surface area contributed by atoms with Gasteiger partial charge in [-0.25, -0.2) is 0 Å². The fourth-order valence-electron chi connectivity index (χ4n) is 8.90. The monoisotopic (exact) mass is 948 g/mol. The number of piperazine rings is 2. The predicted molar refractivity (Wildman–Crippen MR) is 225 cm³/mol. The van der Waals surface area contributed by atoms with Gasteiger partial charge < -0.3 is 52.7 Å². The van der Waals surface area contributed by atoms with E-state index in [9.17, 15) is 29.8 Å². The van der Waals surface area contributed by atoms with E-state index in [1.165, 1.54) is 12.8 Å². The highest BCUT2D eigenvalue weighted by molar-refractivity contribution is 5.94. The summed E-state index contributed by atoms with van der Waals surface area (Å²) in [5.41, 5.74) is 3.58. The van der Waals surface area contributed by atoms with Crippen LogP contribution in [0.1, 0.15) is 83.2 Å². The third kappa shape index (κ3) is 13.5. The number of carbonyl (C=O) groups excluding carboxylic acids is 2. The lowest BCUT2D eigenvalue weighted by molar-refractivity contribution is -0.944. The number of quaternary nitrogens is 2. The van der Waals surface area contributed by atoms with Gasteiger partial charge in [-0.15, -0.1) is 0 Å². The van der Waals surface area contributed by atoms with Crippen LogP contribution in [-0.4, -0.2) is 106 Å². The fourth-order valence-corrected chi connectivity index (χ4v) is 8.90. The molecule has 6 rings (SSSR count). The Hall–Kier alpha value is -4.50. The first-order valence-corrected chi connectivity index (χ1v) is 21.0. The zero-order chi connectivity index (χ0) is 40.8. The SMILES string of the molecule is O=C(c1ccccc1)N1CC[N+](CCCCCCCCCC[N+]2(Cc3cccc([N+](=O)[O-])c3)CCN(C(=O)c3ccccc3)CC2)(Cc2cccc([N+](=O)[O-])c2)CC1.[Br-].[Br-]. The Kier molecular flexibility index (Phi) is 18.9. The van der Waals surface area contributed by atoms with E-state index in [2.05, 4.69) is 0 Å². The van der Waals surface area contributed by atoms with Crippen LogP contribution in [0.4, 0.5) is 11.4 Å². The van der Waals surface area contributed by atoms with Crippen molar-refractivity contribution in [1.29, 1.82) is 0 Å². The summed E-state index contributed by atoms with van der Waals surface area (Å²) >= 11 is 0. The number of unbranched alkanes of at least 4 members (excludes halogenated alkanes) is 7. The minimum Gasteiger partial charge on any atom is -1.00 e. The predicted octanol–water partition coefficient (Wildman–Crippen LogP) is 2.28. The van der Waals surface area contributed by atoms with Crippen LogP contribution in [0, 0.1) is 20.2 Å². The van der Waals surface area contributed by atoms with Gasteiger partial charge in [0.2, 0.25) is 0 Å². The molecule has 0 atom stereocenters. The first kappa shape index (κ1) is 48.2. The first-order chi connectivity index (χ1) is 28.1. The van der Waals surface area contributed by atoms with E-state index < -0.39 is 0 Å². The molecule has 60 heavy (non-hydrogen) atoms. The average Bonchev–Trinajstić information content (AvgIpc) is 3.25. The second kappa shape index (κ2) is 23.5. The highest BCUT2D eigenvalue weighted by Crippen LogP contribution is 2.26. The van der Waals surface area contributed by atoms with Crippen molar-refractivity contribution in [2.75, 3.05) is 65.4 Å². The largest absolute Gasteiger partial charge is 1.00 e. The number of non-ortho nitro benzene ring substituents is 2. The minimum absolute atomic E-state index is 0. The van der Waals surface area contributed by atoms with Crippen LogP contribution in [0.5, 0.6) is 0 Å². The van der Waals surface area contributed by atoms with Gasteiger partial charge in [0, 0.05) is 46.5 Å². The summed E-state index contributed by atoms with van der Waals surface area (Å²) in [6.45, 7) is 9.35. The molecule has 2 saturated heterocycles. The smallest absolute Gasteiger partial charge is 0.269 e. The summed E-state index contributed by atoms with van der Waals surface area (Å²) < 4.78 is 1.66. The van der Waals surface area contributed by atoms with Crippen molar-refractivity contribution in [1.82, 2.24) is 9.80 Å². The van der Waals surface area contributed by atoms with E-state index in [1.54, 1.807) is 36.4 Å². The van der Waals surface area contributed by atoms with Crippen molar-refractivity contribution in [3.05, 3.63) is 152 Å². The molecular weight excluding hydrogens is 892 g/mol. The Morgan fingerprint density at radius 1 is 0.483 bits per heavy atom. The van der Waals surface area contributed by atoms with E-state index in [0.717, 1.165) is 111 Å². The molecule has 14 heteroatoms. The van der Waals surface area contributed by atoms with Gasteiger partial charge in [0.15, 0.2) is 0 Å². The molecule has 2 aliphatic rings. The number of nitro groups is 2. The molecule has 2 aliphatic heterocycles. The zero-order valence-electron chi connectivity index (χ0n) is 34.4. The number of rotatable bonds is 19. The molecule has 0 N–H and O–H groups in total. The summed E-state index contributed by atoms with van der Waals surface area (Å²) in [6, 6.07) is 32.9. The third-order valence-electron chi connectivity index (χ3n) is 12.3. The van der Waals surface area contributed by atoms with Crippen molar-refractivity contribution in [2.24, 2.45) is 0 Å². The molecular formula is C46H58Br2N6O6. The molecule has 2 fully saturated rings. The number of nitro benzene ring substituents is 2. The van der Waals surface area contributed by atoms with E-state index in [0.29, 0.717) is 37.3 Å². The van der Waals surface area contributed by atoms with Crippen molar-refractivity contribution in [2.45, 2.75) is 64.5 Å². The Morgan fingerprint density at radius 2 is 0.817 bits per heavy atom. The molecule has 0 saturated carbocycles. The summed E-state index contributed by atoms with van der Waals surface area (Å²) in [5.74, 6) is 0.122. The van der Waals surface area contributed by atoms with Gasteiger partial charge in [-0.1, -0.05) is 86.3 Å². The summed E-state index contributed by atoms with van der Waals surface area (Å²) in [7, 11) is 0. The Morgan fingerprint density at radius 3 is 1.15 bits per heavy atom. The maximum Gasteiger partial charge on any atom is 0.269 e. The second-order valence-electron chi connectivity index (χ2n) is 16.3. The van der Waals surface area contributed by atoms with Crippen molar-refractivity contribution in [3.8, 4) is 0 Å². The van der Waals surface area contributed by atoms with Gasteiger partial charge in [0.1, 0.15) is 13.1 Å². The molecule has 0 bridgehead atoms. The third-order valence-corrected chi connectivity index (χ3v) is 12.3. The fraction of sp³-hybridized carbons (Fsp3) is 0.435. The number of hydrogen-bond donors (Lipinski definition) is 0. The van der Waals surface area contributed by atoms with Gasteiger partial charge in [-0.05, 0) is 49.9 Å². The standard InChI is InChI=1S/C46H58N6O6.2BrH/c53-45(41-19-9-7-10-20-41)47-25-31-51(32-26-47,37-39-17-15-23-43(35-39)49(55)56)29-13-5-3-1-2-4-6-14-30-52(38-40-18-16-24-44(36-40)50(57)58)33-27-48(28-34-52)46(54)42-21-11-8-12-22-42;;/h7-12,15-24,35-36H,1-6,13-14,25-34,37-38H2;2*1H/q+2;;/p-2. The van der Waals surface area contributed by atoms with Crippen LogP contribution < -0.4 is 34.0 Å². The molecule has 0 spiro atoms. The van der Waals surface area contributed by atoms with Crippen molar-refractivity contribution >= 4 is 23.2 Å². The van der Waals surface area contributed by atoms with Gasteiger partial charge in [-0.2, -0.15) is 0 Å². The molecule has 0 aliphatic carbocycles. The molecule has 4 aromatic rings. The number of carbonyl (C=O) groups is 2. The maximum absolute atomic E-state index is 13.2. The normalized spacial score (nSPS) is 15.6. The number of nitrogens with zero attached hydrogens (tertiary/aromatic N) is 6. The van der Waals surface area contributed by atoms with Gasteiger partial charge >= 0.3 is 0 Å². The highest BCUT2D eigenvalue weighted by Gasteiger charge is 2.36. The number of halogens is 2. The van der Waals surface area contributed by atoms with E-state index in [1.807, 2.05) is 82.6 Å². The van der Waals surface area contributed by atoms with Crippen molar-refractivity contribution in [3.63, 3.8) is 0 Å². The summed E-state index contributed by atoms with van der Waals surface area (Å²) in [5, 5.41) is 23.0. The molecule has 0 radical (unpaired) electrons. The second-order valence-corrected chi connectivity index (χ2v) is 16.3. The van der Waals surface area contributed by atoms with Crippen LogP contribution in [0.2, 0.25) is 0 Å². The Balaban J connectivity index is 0.00000397. The number of amides is 2. The molecule has 12 nitrogen and oxygen atoms in total. The lowest BCUT2D eigenvalue weighted by Gasteiger charge is -2.45.